The monoisotopic (exact) mass is 250 g/mol. The van der Waals surface area contributed by atoms with Gasteiger partial charge in [0.25, 0.3) is 5.56 Å². The van der Waals surface area contributed by atoms with Gasteiger partial charge in [0.15, 0.2) is 16.3 Å². The van der Waals surface area contributed by atoms with Gasteiger partial charge in [-0.1, -0.05) is 25.6 Å². The zero-order valence-corrected chi connectivity index (χ0v) is 10.9. The lowest BCUT2D eigenvalue weighted by molar-refractivity contribution is 0.625. The molecule has 2 aromatic heterocycles. The van der Waals surface area contributed by atoms with Crippen molar-refractivity contribution in [3.63, 3.8) is 0 Å². The highest BCUT2D eigenvalue weighted by Crippen LogP contribution is 2.29. The normalized spacial score (nSPS) is 18.9. The lowest BCUT2D eigenvalue weighted by atomic mass is 10.4. The minimum Gasteiger partial charge on any atom is -0.325 e. The van der Waals surface area contributed by atoms with Crippen LogP contribution in [0.5, 0.6) is 0 Å². The second-order valence-electron chi connectivity index (χ2n) is 4.35. The minimum atomic E-state index is 0.0385. The van der Waals surface area contributed by atoms with Crippen LogP contribution in [0.2, 0.25) is 0 Å². The Labute approximate surface area is 103 Å². The first-order valence-electron chi connectivity index (χ1n) is 5.74. The van der Waals surface area contributed by atoms with Gasteiger partial charge in [-0.25, -0.2) is 9.97 Å². The van der Waals surface area contributed by atoms with Crippen molar-refractivity contribution in [1.82, 2.24) is 19.1 Å². The average Bonchev–Trinajstić information content (AvgIpc) is 2.80. The van der Waals surface area contributed by atoms with Gasteiger partial charge in [-0.3, -0.25) is 9.36 Å². The fraction of sp³-hybridized carbons (Fsp3) is 0.545. The molecule has 0 fully saturated rings. The van der Waals surface area contributed by atoms with Crippen molar-refractivity contribution in [3.05, 3.63) is 16.2 Å². The van der Waals surface area contributed by atoms with E-state index in [2.05, 4.69) is 16.9 Å². The van der Waals surface area contributed by atoms with Crippen LogP contribution in [-0.2, 0) is 20.0 Å². The molecule has 1 unspecified atom stereocenters. The third-order valence-corrected chi connectivity index (χ3v) is 4.19. The van der Waals surface area contributed by atoms with Crippen molar-refractivity contribution >= 4 is 22.9 Å². The highest BCUT2D eigenvalue weighted by molar-refractivity contribution is 7.99. The molecule has 6 heteroatoms. The fourth-order valence-corrected chi connectivity index (χ4v) is 3.26. The van der Waals surface area contributed by atoms with Crippen molar-refractivity contribution in [2.75, 3.05) is 0 Å². The van der Waals surface area contributed by atoms with Crippen molar-refractivity contribution in [1.29, 1.82) is 0 Å². The molecule has 5 nitrogen and oxygen atoms in total. The molecule has 1 atom stereocenters. The average molecular weight is 250 g/mol. The summed E-state index contributed by atoms with van der Waals surface area (Å²) in [4.78, 5) is 21.3. The molecule has 0 saturated heterocycles. The van der Waals surface area contributed by atoms with E-state index in [-0.39, 0.29) is 5.56 Å². The molecule has 1 aliphatic rings. The van der Waals surface area contributed by atoms with E-state index in [4.69, 9.17) is 0 Å². The van der Waals surface area contributed by atoms with Gasteiger partial charge < -0.3 is 4.57 Å². The van der Waals surface area contributed by atoms with E-state index in [0.717, 1.165) is 23.9 Å². The molecule has 0 amide bonds. The lowest BCUT2D eigenvalue weighted by Gasteiger charge is -2.02. The van der Waals surface area contributed by atoms with Gasteiger partial charge in [0, 0.05) is 25.3 Å². The highest BCUT2D eigenvalue weighted by Gasteiger charge is 2.24. The summed E-state index contributed by atoms with van der Waals surface area (Å²) in [5.74, 6) is 0.909. The fourth-order valence-electron chi connectivity index (χ4n) is 2.25. The summed E-state index contributed by atoms with van der Waals surface area (Å²) in [6.07, 6.45) is 0.811. The Morgan fingerprint density at radius 2 is 2.24 bits per heavy atom. The number of rotatable bonds is 1. The highest BCUT2D eigenvalue weighted by atomic mass is 32.2. The van der Waals surface area contributed by atoms with Crippen LogP contribution < -0.4 is 5.56 Å². The van der Waals surface area contributed by atoms with Crippen LogP contribution in [0.25, 0.3) is 11.2 Å². The van der Waals surface area contributed by atoms with Crippen molar-refractivity contribution < 1.29 is 0 Å². The molecule has 0 N–H and O–H groups in total. The molecule has 3 rings (SSSR count). The van der Waals surface area contributed by atoms with E-state index in [1.165, 1.54) is 0 Å². The molecule has 0 radical (unpaired) electrons. The van der Waals surface area contributed by atoms with E-state index in [9.17, 15) is 4.79 Å². The topological polar surface area (TPSA) is 52.7 Å². The summed E-state index contributed by atoms with van der Waals surface area (Å²) in [5, 5.41) is 1.22. The van der Waals surface area contributed by atoms with Crippen molar-refractivity contribution in [2.45, 2.75) is 37.2 Å². The van der Waals surface area contributed by atoms with Crippen LogP contribution >= 0.6 is 11.8 Å². The number of hydrogen-bond acceptors (Lipinski definition) is 4. The second-order valence-corrected chi connectivity index (χ2v) is 5.76. The van der Waals surface area contributed by atoms with Crippen LogP contribution in [0, 0.1) is 0 Å². The number of imidazole rings is 1. The Kier molecular flexibility index (Phi) is 2.29. The third kappa shape index (κ3) is 1.43. The molecule has 3 heterocycles. The zero-order valence-electron chi connectivity index (χ0n) is 10.1. The quantitative estimate of drug-likeness (QED) is 0.713. The molecule has 0 aromatic carbocycles. The van der Waals surface area contributed by atoms with Crippen LogP contribution in [0.1, 0.15) is 19.7 Å². The number of aromatic nitrogens is 4. The largest absolute Gasteiger partial charge is 0.325 e. The minimum absolute atomic E-state index is 0.0385. The summed E-state index contributed by atoms with van der Waals surface area (Å²) >= 11 is 1.65. The van der Waals surface area contributed by atoms with Gasteiger partial charge >= 0.3 is 0 Å². The first kappa shape index (κ1) is 10.8. The first-order valence-corrected chi connectivity index (χ1v) is 6.62. The molecule has 0 saturated carbocycles. The van der Waals surface area contributed by atoms with E-state index in [1.54, 1.807) is 16.3 Å². The van der Waals surface area contributed by atoms with E-state index in [1.807, 2.05) is 18.5 Å². The standard InChI is InChI=1S/C11H14N4OS/c1-4-7-12-9-8(14(7)3)10(16)15-5-6(2)17-11(15)13-9/h6H,4-5H2,1-3H3. The Hall–Kier alpha value is -1.30. The Bertz CT molecular complexity index is 658. The molecule has 0 aliphatic carbocycles. The van der Waals surface area contributed by atoms with Gasteiger partial charge in [0.2, 0.25) is 0 Å². The van der Waals surface area contributed by atoms with E-state index >= 15 is 0 Å². The van der Waals surface area contributed by atoms with Gasteiger partial charge in [-0.2, -0.15) is 0 Å². The summed E-state index contributed by atoms with van der Waals surface area (Å²) in [7, 11) is 1.88. The number of thioether (sulfide) groups is 1. The maximum Gasteiger partial charge on any atom is 0.280 e. The second kappa shape index (κ2) is 3.60. The molecule has 1 aliphatic heterocycles. The van der Waals surface area contributed by atoms with Crippen LogP contribution in [-0.4, -0.2) is 24.4 Å². The SMILES string of the molecule is CCc1nc2nc3n(c(=O)c2n1C)CC(C)S3. The molecule has 17 heavy (non-hydrogen) atoms. The number of hydrogen-bond donors (Lipinski definition) is 0. The summed E-state index contributed by atoms with van der Waals surface area (Å²) in [5.41, 5.74) is 1.25. The van der Waals surface area contributed by atoms with Crippen molar-refractivity contribution in [3.8, 4) is 0 Å². The van der Waals surface area contributed by atoms with E-state index in [0.29, 0.717) is 16.4 Å². The first-order chi connectivity index (χ1) is 8.11. The van der Waals surface area contributed by atoms with Gasteiger partial charge in [-0.05, 0) is 0 Å². The molecule has 90 valence electrons. The predicted molar refractivity (Wildman–Crippen MR) is 67.5 cm³/mol. The summed E-state index contributed by atoms with van der Waals surface area (Å²) in [6.45, 7) is 4.88. The van der Waals surface area contributed by atoms with Crippen molar-refractivity contribution in [2.24, 2.45) is 7.05 Å². The van der Waals surface area contributed by atoms with Crippen LogP contribution in [0.15, 0.2) is 9.95 Å². The maximum absolute atomic E-state index is 12.4. The maximum atomic E-state index is 12.4. The molecular weight excluding hydrogens is 236 g/mol. The number of nitrogens with zero attached hydrogens (tertiary/aromatic N) is 4. The molecule has 0 bridgehead atoms. The Morgan fingerprint density at radius 3 is 2.94 bits per heavy atom. The van der Waals surface area contributed by atoms with E-state index < -0.39 is 0 Å². The van der Waals surface area contributed by atoms with Gasteiger partial charge in [-0.15, -0.1) is 0 Å². The molecule has 0 spiro atoms. The number of aryl methyl sites for hydroxylation is 2. The smallest absolute Gasteiger partial charge is 0.280 e. The van der Waals surface area contributed by atoms with Gasteiger partial charge in [0.1, 0.15) is 5.82 Å². The van der Waals surface area contributed by atoms with Crippen LogP contribution in [0.3, 0.4) is 0 Å². The Balaban J connectivity index is 2.37. The Morgan fingerprint density at radius 1 is 1.47 bits per heavy atom. The van der Waals surface area contributed by atoms with Gasteiger partial charge in [0.05, 0.1) is 0 Å². The molecular formula is C11H14N4OS. The van der Waals surface area contributed by atoms with Crippen LogP contribution in [0.4, 0.5) is 0 Å². The predicted octanol–water partition coefficient (Wildman–Crippen LogP) is 1.19. The molecule has 2 aromatic rings. The third-order valence-electron chi connectivity index (χ3n) is 3.11. The number of fused-ring (bicyclic) bond motifs is 2. The lowest BCUT2D eigenvalue weighted by Crippen LogP contribution is -2.23. The zero-order chi connectivity index (χ0) is 12.2. The summed E-state index contributed by atoms with van der Waals surface area (Å²) in [6, 6.07) is 0. The summed E-state index contributed by atoms with van der Waals surface area (Å²) < 4.78 is 3.63.